The molecule has 1 aliphatic rings. The smallest absolute Gasteiger partial charge is 0.167 e. The molecule has 0 aromatic heterocycles. The lowest BCUT2D eigenvalue weighted by molar-refractivity contribution is -0.120. The summed E-state index contributed by atoms with van der Waals surface area (Å²) in [6.07, 6.45) is 0.768. The number of likely N-dealkylation sites (N-methyl/N-ethyl adjacent to an activating group) is 1. The van der Waals surface area contributed by atoms with Crippen molar-refractivity contribution in [3.05, 3.63) is 0 Å². The summed E-state index contributed by atoms with van der Waals surface area (Å²) in [4.78, 5) is 11.5. The highest BCUT2D eigenvalue weighted by atomic mass is 79.9. The lowest BCUT2D eigenvalue weighted by Crippen LogP contribution is -2.33. The molecule has 0 fully saturated rings. The highest BCUT2D eigenvalue weighted by Gasteiger charge is 2.34. The lowest BCUT2D eigenvalue weighted by atomic mass is 9.86. The second-order valence-electron chi connectivity index (χ2n) is 4.69. The summed E-state index contributed by atoms with van der Waals surface area (Å²) in [5.41, 5.74) is 1.18. The predicted molar refractivity (Wildman–Crippen MR) is 61.9 cm³/mol. The topological polar surface area (TPSA) is 32.7 Å². The first-order valence-corrected chi connectivity index (χ1v) is 5.88. The van der Waals surface area contributed by atoms with Crippen LogP contribution in [0.25, 0.3) is 0 Å². The Bertz CT molecular complexity index is 268. The van der Waals surface area contributed by atoms with Gasteiger partial charge in [-0.3, -0.25) is 9.80 Å². The highest BCUT2D eigenvalue weighted by molar-refractivity contribution is 9.09. The first-order chi connectivity index (χ1) is 6.36. The van der Waals surface area contributed by atoms with Gasteiger partial charge in [0, 0.05) is 24.6 Å². The van der Waals surface area contributed by atoms with Gasteiger partial charge in [-0.1, -0.05) is 36.7 Å². The number of halogens is 1. The lowest BCUT2D eigenvalue weighted by Gasteiger charge is -2.17. The van der Waals surface area contributed by atoms with Crippen LogP contribution in [-0.4, -0.2) is 34.9 Å². The van der Waals surface area contributed by atoms with Crippen molar-refractivity contribution in [1.82, 2.24) is 5.01 Å². The monoisotopic (exact) mass is 260 g/mol. The van der Waals surface area contributed by atoms with Crippen LogP contribution >= 0.6 is 15.9 Å². The zero-order valence-electron chi connectivity index (χ0n) is 9.17. The fourth-order valence-electron chi connectivity index (χ4n) is 1.48. The van der Waals surface area contributed by atoms with Gasteiger partial charge in [0.15, 0.2) is 5.78 Å². The van der Waals surface area contributed by atoms with Crippen molar-refractivity contribution in [3.8, 4) is 0 Å². The third kappa shape index (κ3) is 2.35. The summed E-state index contributed by atoms with van der Waals surface area (Å²) < 4.78 is 0. The van der Waals surface area contributed by atoms with E-state index in [9.17, 15) is 4.79 Å². The fourth-order valence-corrected chi connectivity index (χ4v) is 1.86. The van der Waals surface area contributed by atoms with Crippen molar-refractivity contribution in [2.75, 3.05) is 12.4 Å². The molecule has 0 saturated heterocycles. The summed E-state index contributed by atoms with van der Waals surface area (Å²) in [5.74, 6) is 0.204. The Hall–Kier alpha value is -0.380. The molecule has 0 N–H and O–H groups in total. The third-order valence-electron chi connectivity index (χ3n) is 2.49. The molecule has 0 aromatic carbocycles. The van der Waals surface area contributed by atoms with Crippen LogP contribution in [0.4, 0.5) is 0 Å². The fraction of sp³-hybridized carbons (Fsp3) is 0.800. The molecule has 0 amide bonds. The number of alkyl halides is 1. The van der Waals surface area contributed by atoms with E-state index in [4.69, 9.17) is 0 Å². The van der Waals surface area contributed by atoms with Gasteiger partial charge < -0.3 is 0 Å². The van der Waals surface area contributed by atoms with Crippen LogP contribution in [0.15, 0.2) is 5.10 Å². The SMILES string of the molecule is CN1N=C(C(C)(C)C)CC1C(=O)CBr. The molecule has 0 spiro atoms. The molecule has 0 aromatic rings. The Balaban J connectivity index is 2.74. The molecular formula is C10H17BrN2O. The molecule has 80 valence electrons. The first-order valence-electron chi connectivity index (χ1n) is 4.75. The molecular weight excluding hydrogens is 244 g/mol. The Labute approximate surface area is 93.7 Å². The van der Waals surface area contributed by atoms with E-state index in [0.717, 1.165) is 12.1 Å². The molecule has 0 saturated carbocycles. The highest BCUT2D eigenvalue weighted by Crippen LogP contribution is 2.26. The number of nitrogens with zero attached hydrogens (tertiary/aromatic N) is 2. The van der Waals surface area contributed by atoms with Crippen molar-refractivity contribution >= 4 is 27.4 Å². The summed E-state index contributed by atoms with van der Waals surface area (Å²) in [7, 11) is 1.87. The Morgan fingerprint density at radius 2 is 2.21 bits per heavy atom. The van der Waals surface area contributed by atoms with Gasteiger partial charge in [0.25, 0.3) is 0 Å². The molecule has 1 atom stereocenters. The number of hydrazone groups is 1. The number of carbonyl (C=O) groups is 1. The van der Waals surface area contributed by atoms with Crippen molar-refractivity contribution in [1.29, 1.82) is 0 Å². The van der Waals surface area contributed by atoms with Crippen LogP contribution in [0.1, 0.15) is 27.2 Å². The van der Waals surface area contributed by atoms with E-state index in [1.807, 2.05) is 7.05 Å². The van der Waals surface area contributed by atoms with Gasteiger partial charge in [0.05, 0.1) is 5.33 Å². The summed E-state index contributed by atoms with van der Waals surface area (Å²) in [6, 6.07) is -0.0661. The molecule has 1 rings (SSSR count). The van der Waals surface area contributed by atoms with Gasteiger partial charge in [0.1, 0.15) is 6.04 Å². The molecule has 0 radical (unpaired) electrons. The van der Waals surface area contributed by atoms with Gasteiger partial charge in [-0.05, 0) is 0 Å². The van der Waals surface area contributed by atoms with Crippen LogP contribution < -0.4 is 0 Å². The molecule has 0 aliphatic carbocycles. The second-order valence-corrected chi connectivity index (χ2v) is 5.25. The Morgan fingerprint density at radius 1 is 1.64 bits per heavy atom. The van der Waals surface area contributed by atoms with Crippen LogP contribution in [-0.2, 0) is 4.79 Å². The minimum atomic E-state index is -0.0661. The van der Waals surface area contributed by atoms with E-state index in [2.05, 4.69) is 41.8 Å². The molecule has 3 nitrogen and oxygen atoms in total. The normalized spacial score (nSPS) is 22.5. The average Bonchev–Trinajstić information content (AvgIpc) is 2.45. The maximum Gasteiger partial charge on any atom is 0.167 e. The van der Waals surface area contributed by atoms with Gasteiger partial charge in [0.2, 0.25) is 0 Å². The predicted octanol–water partition coefficient (Wildman–Crippen LogP) is 2.06. The molecule has 4 heteroatoms. The molecule has 0 bridgehead atoms. The van der Waals surface area contributed by atoms with Gasteiger partial charge in [-0.15, -0.1) is 0 Å². The molecule has 14 heavy (non-hydrogen) atoms. The maximum atomic E-state index is 11.5. The Kier molecular flexibility index (Phi) is 3.35. The number of hydrogen-bond donors (Lipinski definition) is 0. The van der Waals surface area contributed by atoms with Crippen molar-refractivity contribution in [3.63, 3.8) is 0 Å². The Morgan fingerprint density at radius 3 is 2.57 bits per heavy atom. The summed E-state index contributed by atoms with van der Waals surface area (Å²) in [6.45, 7) is 6.38. The van der Waals surface area contributed by atoms with Gasteiger partial charge in [-0.2, -0.15) is 5.10 Å². The number of rotatable bonds is 2. The minimum Gasteiger partial charge on any atom is -0.296 e. The van der Waals surface area contributed by atoms with E-state index in [1.54, 1.807) is 5.01 Å². The quantitative estimate of drug-likeness (QED) is 0.713. The number of hydrogen-bond acceptors (Lipinski definition) is 3. The summed E-state index contributed by atoms with van der Waals surface area (Å²) in [5, 5.41) is 6.61. The van der Waals surface area contributed by atoms with Crippen LogP contribution in [0.3, 0.4) is 0 Å². The number of ketones is 1. The third-order valence-corrected chi connectivity index (χ3v) is 3.04. The zero-order valence-corrected chi connectivity index (χ0v) is 10.8. The molecule has 1 aliphatic heterocycles. The molecule has 1 heterocycles. The van der Waals surface area contributed by atoms with Crippen LogP contribution in [0.2, 0.25) is 0 Å². The van der Waals surface area contributed by atoms with E-state index in [1.165, 1.54) is 0 Å². The van der Waals surface area contributed by atoms with E-state index in [0.29, 0.717) is 5.33 Å². The minimum absolute atomic E-state index is 0.0651. The maximum absolute atomic E-state index is 11.5. The van der Waals surface area contributed by atoms with Gasteiger partial charge >= 0.3 is 0 Å². The second kappa shape index (κ2) is 4.01. The molecule has 1 unspecified atom stereocenters. The standard InChI is InChI=1S/C10H17BrN2O/c1-10(2,3)9-5-7(8(14)6-11)13(4)12-9/h7H,5-6H2,1-4H3. The van der Waals surface area contributed by atoms with Gasteiger partial charge in [-0.25, -0.2) is 0 Å². The van der Waals surface area contributed by atoms with E-state index < -0.39 is 0 Å². The van der Waals surface area contributed by atoms with Crippen LogP contribution in [0.5, 0.6) is 0 Å². The van der Waals surface area contributed by atoms with Crippen molar-refractivity contribution in [2.24, 2.45) is 10.5 Å². The number of Topliss-reactive ketones (excluding diaryl/α,β-unsaturated/α-hetero) is 1. The zero-order chi connectivity index (χ0) is 10.9. The van der Waals surface area contributed by atoms with Crippen molar-refractivity contribution < 1.29 is 4.79 Å². The first kappa shape index (κ1) is 11.7. The average molecular weight is 261 g/mol. The van der Waals surface area contributed by atoms with Crippen LogP contribution in [0, 0.1) is 5.41 Å². The largest absolute Gasteiger partial charge is 0.296 e. The van der Waals surface area contributed by atoms with E-state index >= 15 is 0 Å². The van der Waals surface area contributed by atoms with Crippen molar-refractivity contribution in [2.45, 2.75) is 33.2 Å². The summed E-state index contributed by atoms with van der Waals surface area (Å²) >= 11 is 3.20. The van der Waals surface area contributed by atoms with E-state index in [-0.39, 0.29) is 17.2 Å². The number of carbonyl (C=O) groups excluding carboxylic acids is 1.